The fourth-order valence-electron chi connectivity index (χ4n) is 1.48. The van der Waals surface area contributed by atoms with Gasteiger partial charge in [0.1, 0.15) is 0 Å². The Morgan fingerprint density at radius 1 is 1.40 bits per heavy atom. The van der Waals surface area contributed by atoms with E-state index in [2.05, 4.69) is 15.9 Å². The van der Waals surface area contributed by atoms with Crippen LogP contribution in [0.1, 0.15) is 11.7 Å². The number of ether oxygens (including phenoxy) is 1. The number of benzene rings is 1. The quantitative estimate of drug-likeness (QED) is 0.848. The highest BCUT2D eigenvalue weighted by molar-refractivity contribution is 9.10. The van der Waals surface area contributed by atoms with E-state index in [1.165, 1.54) is 0 Å². The maximum Gasteiger partial charge on any atom is 0.0877 e. The molecule has 5 heteroatoms. The van der Waals surface area contributed by atoms with Gasteiger partial charge >= 0.3 is 0 Å². The van der Waals surface area contributed by atoms with Crippen LogP contribution in [0.3, 0.4) is 0 Å². The minimum Gasteiger partial charge on any atom is -0.388 e. The van der Waals surface area contributed by atoms with Crippen molar-refractivity contribution in [1.82, 2.24) is 0 Å². The van der Waals surface area contributed by atoms with Crippen LogP contribution in [-0.2, 0) is 4.74 Å². The van der Waals surface area contributed by atoms with E-state index in [0.717, 1.165) is 0 Å². The fraction of sp³-hybridized carbons (Fsp3) is 0.400. The molecule has 0 spiro atoms. The summed E-state index contributed by atoms with van der Waals surface area (Å²) < 4.78 is 5.73. The fourth-order valence-corrected chi connectivity index (χ4v) is 2.54. The maximum absolute atomic E-state index is 10.0. The number of aliphatic hydroxyl groups excluding tert-OH is 1. The van der Waals surface area contributed by atoms with E-state index in [9.17, 15) is 5.11 Å². The Kier molecular flexibility index (Phi) is 3.58. The van der Waals surface area contributed by atoms with Gasteiger partial charge in [-0.15, -0.1) is 0 Å². The molecular formula is C10H9BrCl2O2. The van der Waals surface area contributed by atoms with Gasteiger partial charge in [0, 0.05) is 21.0 Å². The molecule has 0 aliphatic carbocycles. The van der Waals surface area contributed by atoms with Crippen LogP contribution >= 0.6 is 39.1 Å². The van der Waals surface area contributed by atoms with Gasteiger partial charge in [0.05, 0.1) is 24.3 Å². The molecule has 1 heterocycles. The van der Waals surface area contributed by atoms with Gasteiger partial charge in [0.25, 0.3) is 0 Å². The molecule has 1 saturated heterocycles. The molecule has 1 N–H and O–H groups in total. The van der Waals surface area contributed by atoms with E-state index in [-0.39, 0.29) is 5.92 Å². The van der Waals surface area contributed by atoms with Crippen molar-refractivity contribution in [2.45, 2.75) is 6.10 Å². The van der Waals surface area contributed by atoms with Gasteiger partial charge in [0.2, 0.25) is 0 Å². The average molecular weight is 312 g/mol. The van der Waals surface area contributed by atoms with Gasteiger partial charge in [-0.1, -0.05) is 23.2 Å². The largest absolute Gasteiger partial charge is 0.388 e. The minimum absolute atomic E-state index is 0.118. The van der Waals surface area contributed by atoms with E-state index in [0.29, 0.717) is 33.3 Å². The normalized spacial score (nSPS) is 18.7. The average Bonchev–Trinajstić information content (AvgIpc) is 2.08. The van der Waals surface area contributed by atoms with Gasteiger partial charge in [-0.2, -0.15) is 0 Å². The Morgan fingerprint density at radius 3 is 2.60 bits per heavy atom. The van der Waals surface area contributed by atoms with Crippen LogP contribution in [0, 0.1) is 5.92 Å². The molecule has 0 bridgehead atoms. The first kappa shape index (κ1) is 11.7. The van der Waals surface area contributed by atoms with Gasteiger partial charge < -0.3 is 9.84 Å². The molecule has 1 aliphatic rings. The summed E-state index contributed by atoms with van der Waals surface area (Å²) in [6, 6.07) is 3.40. The van der Waals surface area contributed by atoms with Crippen molar-refractivity contribution in [1.29, 1.82) is 0 Å². The second-order valence-corrected chi connectivity index (χ2v) is 5.20. The first-order valence-corrected chi connectivity index (χ1v) is 6.04. The van der Waals surface area contributed by atoms with Crippen molar-refractivity contribution in [3.63, 3.8) is 0 Å². The summed E-state index contributed by atoms with van der Waals surface area (Å²) in [6.45, 7) is 1.14. The summed E-state index contributed by atoms with van der Waals surface area (Å²) in [6.07, 6.45) is -0.610. The smallest absolute Gasteiger partial charge is 0.0877 e. The first-order chi connectivity index (χ1) is 7.09. The van der Waals surface area contributed by atoms with E-state index in [1.807, 2.05) is 0 Å². The van der Waals surface area contributed by atoms with Crippen molar-refractivity contribution in [2.75, 3.05) is 13.2 Å². The van der Waals surface area contributed by atoms with E-state index in [4.69, 9.17) is 27.9 Å². The van der Waals surface area contributed by atoms with E-state index in [1.54, 1.807) is 12.1 Å². The molecule has 1 atom stereocenters. The molecule has 15 heavy (non-hydrogen) atoms. The molecule has 2 nitrogen and oxygen atoms in total. The highest BCUT2D eigenvalue weighted by atomic mass is 79.9. The summed E-state index contributed by atoms with van der Waals surface area (Å²) >= 11 is 15.3. The Labute approximate surface area is 106 Å². The lowest BCUT2D eigenvalue weighted by Crippen LogP contribution is -2.33. The molecule has 0 unspecified atom stereocenters. The first-order valence-electron chi connectivity index (χ1n) is 4.50. The van der Waals surface area contributed by atoms with Gasteiger partial charge in [-0.25, -0.2) is 0 Å². The summed E-state index contributed by atoms with van der Waals surface area (Å²) in [5.41, 5.74) is 0.657. The van der Waals surface area contributed by atoms with Crippen LogP contribution in [0.15, 0.2) is 16.6 Å². The van der Waals surface area contributed by atoms with Gasteiger partial charge in [-0.3, -0.25) is 0 Å². The molecule has 1 aliphatic heterocycles. The molecule has 1 aromatic carbocycles. The van der Waals surface area contributed by atoms with E-state index < -0.39 is 6.10 Å². The van der Waals surface area contributed by atoms with Crippen LogP contribution in [0.5, 0.6) is 0 Å². The molecule has 0 radical (unpaired) electrons. The molecule has 1 fully saturated rings. The van der Waals surface area contributed by atoms with Gasteiger partial charge in [0.15, 0.2) is 0 Å². The highest BCUT2D eigenvalue weighted by Gasteiger charge is 2.29. The van der Waals surface area contributed by atoms with E-state index >= 15 is 0 Å². The third-order valence-corrected chi connectivity index (χ3v) is 3.94. The number of halogens is 3. The lowest BCUT2D eigenvalue weighted by Gasteiger charge is -2.31. The number of rotatable bonds is 2. The third-order valence-electron chi connectivity index (χ3n) is 2.45. The van der Waals surface area contributed by atoms with Crippen molar-refractivity contribution in [2.24, 2.45) is 5.92 Å². The summed E-state index contributed by atoms with van der Waals surface area (Å²) in [7, 11) is 0. The molecule has 0 aromatic heterocycles. The van der Waals surface area contributed by atoms with Crippen LogP contribution < -0.4 is 0 Å². The van der Waals surface area contributed by atoms with Gasteiger partial charge in [-0.05, 0) is 28.1 Å². The molecular weight excluding hydrogens is 303 g/mol. The third kappa shape index (κ3) is 2.32. The van der Waals surface area contributed by atoms with Crippen molar-refractivity contribution in [3.8, 4) is 0 Å². The minimum atomic E-state index is -0.610. The second-order valence-electron chi connectivity index (χ2n) is 3.53. The number of hydrogen-bond acceptors (Lipinski definition) is 2. The van der Waals surface area contributed by atoms with Crippen molar-refractivity contribution in [3.05, 3.63) is 32.2 Å². The topological polar surface area (TPSA) is 29.5 Å². The summed E-state index contributed by atoms with van der Waals surface area (Å²) in [5, 5.41) is 11.1. The van der Waals surface area contributed by atoms with Crippen LogP contribution in [0.2, 0.25) is 10.0 Å². The monoisotopic (exact) mass is 310 g/mol. The zero-order valence-corrected chi connectivity index (χ0v) is 10.8. The molecule has 1 aromatic rings. The summed E-state index contributed by atoms with van der Waals surface area (Å²) in [4.78, 5) is 0. The van der Waals surface area contributed by atoms with Crippen LogP contribution in [0.4, 0.5) is 0 Å². The zero-order chi connectivity index (χ0) is 11.0. The number of hydrogen-bond donors (Lipinski definition) is 1. The Morgan fingerprint density at radius 2 is 2.07 bits per heavy atom. The molecule has 0 amide bonds. The Hall–Kier alpha value is 0.200. The SMILES string of the molecule is O[C@@H](c1cc(Cl)cc(Br)c1Cl)C1COC1. The maximum atomic E-state index is 10.0. The second kappa shape index (κ2) is 4.60. The van der Waals surface area contributed by atoms with Crippen molar-refractivity contribution < 1.29 is 9.84 Å². The van der Waals surface area contributed by atoms with Crippen molar-refractivity contribution >= 4 is 39.1 Å². The number of aliphatic hydroxyl groups is 1. The molecule has 2 rings (SSSR count). The highest BCUT2D eigenvalue weighted by Crippen LogP contribution is 2.37. The lowest BCUT2D eigenvalue weighted by atomic mass is 9.94. The standard InChI is InChI=1S/C10H9BrCl2O2/c11-8-2-6(12)1-7(9(8)13)10(14)5-3-15-4-5/h1-2,5,10,14H,3-4H2/t10-/m1/s1. The predicted molar refractivity (Wildman–Crippen MR) is 63.4 cm³/mol. The summed E-state index contributed by atoms with van der Waals surface area (Å²) in [5.74, 6) is 0.118. The Balaban J connectivity index is 2.33. The predicted octanol–water partition coefficient (Wildman–Crippen LogP) is 3.44. The Bertz CT molecular complexity index is 380. The van der Waals surface area contributed by atoms with Crippen LogP contribution in [-0.4, -0.2) is 18.3 Å². The lowest BCUT2D eigenvalue weighted by molar-refractivity contribution is -0.0923. The molecule has 0 saturated carbocycles. The zero-order valence-electron chi connectivity index (χ0n) is 7.71. The van der Waals surface area contributed by atoms with Crippen LogP contribution in [0.25, 0.3) is 0 Å². The molecule has 82 valence electrons.